The van der Waals surface area contributed by atoms with Gasteiger partial charge in [0.25, 0.3) is 0 Å². The molecule has 1 heterocycles. The molecule has 2 rings (SSSR count). The Labute approximate surface area is 124 Å². The lowest BCUT2D eigenvalue weighted by atomic mass is 9.96. The molecular weight excluding hydrogens is 276 g/mol. The van der Waals surface area contributed by atoms with Crippen LogP contribution < -0.4 is 4.90 Å². The molecule has 1 aliphatic rings. The first-order chi connectivity index (χ1) is 9.49. The van der Waals surface area contributed by atoms with E-state index in [1.54, 1.807) is 18.2 Å². The van der Waals surface area contributed by atoms with Gasteiger partial charge in [0.2, 0.25) is 0 Å². The summed E-state index contributed by atoms with van der Waals surface area (Å²) in [6, 6.07) is 5.03. The summed E-state index contributed by atoms with van der Waals surface area (Å²) in [5.74, 6) is -0.341. The molecule has 0 amide bonds. The van der Waals surface area contributed by atoms with Crippen LogP contribution in [0.25, 0.3) is 0 Å². The van der Waals surface area contributed by atoms with Gasteiger partial charge in [0.1, 0.15) is 0 Å². The van der Waals surface area contributed by atoms with Gasteiger partial charge in [0, 0.05) is 13.6 Å². The number of carboxylic acid groups (broad SMARTS) is 1. The van der Waals surface area contributed by atoms with Crippen molar-refractivity contribution in [3.8, 4) is 0 Å². The summed E-state index contributed by atoms with van der Waals surface area (Å²) in [5.41, 5.74) is 0.897. The molecule has 1 aromatic rings. The van der Waals surface area contributed by atoms with Crippen molar-refractivity contribution in [2.75, 3.05) is 38.6 Å². The van der Waals surface area contributed by atoms with Crippen molar-refractivity contribution < 1.29 is 9.90 Å². The van der Waals surface area contributed by atoms with Crippen molar-refractivity contribution in [1.29, 1.82) is 0 Å². The zero-order valence-corrected chi connectivity index (χ0v) is 12.7. The highest BCUT2D eigenvalue weighted by atomic mass is 35.5. The monoisotopic (exact) mass is 296 g/mol. The fraction of sp³-hybridized carbons (Fsp3) is 0.533. The molecule has 110 valence electrons. The van der Waals surface area contributed by atoms with E-state index in [9.17, 15) is 9.90 Å². The standard InChI is InChI=1S/C15H21ClN2O2/c1-17-8-6-11(7-9-17)10-18(2)14-12(15(19)20)4-3-5-13(14)16/h3-5,11H,6-10H2,1-2H3,(H,19,20). The Morgan fingerprint density at radius 2 is 2.10 bits per heavy atom. The number of hydrogen-bond donors (Lipinski definition) is 1. The van der Waals surface area contributed by atoms with Crippen molar-refractivity contribution in [3.05, 3.63) is 28.8 Å². The molecule has 0 aromatic heterocycles. The van der Waals surface area contributed by atoms with Crippen LogP contribution in [0.3, 0.4) is 0 Å². The number of nitrogens with zero attached hydrogens (tertiary/aromatic N) is 2. The zero-order chi connectivity index (χ0) is 14.7. The third-order valence-electron chi connectivity index (χ3n) is 3.97. The number of aromatic carboxylic acids is 1. The maximum Gasteiger partial charge on any atom is 0.337 e. The molecule has 1 aliphatic heterocycles. The van der Waals surface area contributed by atoms with Crippen molar-refractivity contribution in [3.63, 3.8) is 0 Å². The lowest BCUT2D eigenvalue weighted by molar-refractivity contribution is 0.0697. The van der Waals surface area contributed by atoms with Crippen LogP contribution in [-0.4, -0.2) is 49.7 Å². The van der Waals surface area contributed by atoms with Gasteiger partial charge >= 0.3 is 5.97 Å². The van der Waals surface area contributed by atoms with Crippen LogP contribution >= 0.6 is 11.6 Å². The SMILES string of the molecule is CN1CCC(CN(C)c2c(Cl)cccc2C(=O)O)CC1. The number of piperidine rings is 1. The molecule has 20 heavy (non-hydrogen) atoms. The Hall–Kier alpha value is -1.26. The topological polar surface area (TPSA) is 43.8 Å². The number of hydrogen-bond acceptors (Lipinski definition) is 3. The lowest BCUT2D eigenvalue weighted by Crippen LogP contribution is -2.36. The van der Waals surface area contributed by atoms with E-state index in [4.69, 9.17) is 11.6 Å². The highest BCUT2D eigenvalue weighted by Gasteiger charge is 2.22. The van der Waals surface area contributed by atoms with E-state index in [-0.39, 0.29) is 5.56 Å². The summed E-state index contributed by atoms with van der Waals surface area (Å²) in [5, 5.41) is 9.79. The van der Waals surface area contributed by atoms with Crippen molar-refractivity contribution in [1.82, 2.24) is 4.90 Å². The van der Waals surface area contributed by atoms with Gasteiger partial charge in [-0.25, -0.2) is 4.79 Å². The molecule has 1 fully saturated rings. The summed E-state index contributed by atoms with van der Waals surface area (Å²) in [7, 11) is 4.06. The van der Waals surface area contributed by atoms with Crippen LogP contribution in [-0.2, 0) is 0 Å². The summed E-state index contributed by atoms with van der Waals surface area (Å²) in [6.45, 7) is 3.05. The second-order valence-corrected chi connectivity index (χ2v) is 5.98. The molecule has 1 N–H and O–H groups in total. The van der Waals surface area contributed by atoms with Crippen molar-refractivity contribution in [2.45, 2.75) is 12.8 Å². The number of para-hydroxylation sites is 1. The van der Waals surface area contributed by atoms with Crippen LogP contribution in [0.15, 0.2) is 18.2 Å². The van der Waals surface area contributed by atoms with E-state index in [1.165, 1.54) is 0 Å². The van der Waals surface area contributed by atoms with E-state index in [2.05, 4.69) is 11.9 Å². The second-order valence-electron chi connectivity index (χ2n) is 5.57. The fourth-order valence-corrected chi connectivity index (χ4v) is 3.12. The van der Waals surface area contributed by atoms with Crippen LogP contribution in [0.4, 0.5) is 5.69 Å². The molecule has 0 spiro atoms. The number of carbonyl (C=O) groups is 1. The van der Waals surface area contributed by atoms with Gasteiger partial charge in [-0.15, -0.1) is 0 Å². The predicted octanol–water partition coefficient (Wildman–Crippen LogP) is 2.82. The van der Waals surface area contributed by atoms with E-state index in [0.717, 1.165) is 32.5 Å². The maximum absolute atomic E-state index is 11.3. The Balaban J connectivity index is 2.13. The molecule has 0 radical (unpaired) electrons. The molecule has 1 saturated heterocycles. The fourth-order valence-electron chi connectivity index (χ4n) is 2.80. The normalized spacial score (nSPS) is 17.1. The minimum atomic E-state index is -0.933. The Morgan fingerprint density at radius 3 is 2.70 bits per heavy atom. The first-order valence-corrected chi connectivity index (χ1v) is 7.28. The van der Waals surface area contributed by atoms with Crippen molar-refractivity contribution in [2.24, 2.45) is 5.92 Å². The lowest BCUT2D eigenvalue weighted by Gasteiger charge is -2.33. The molecule has 1 aromatic carbocycles. The van der Waals surface area contributed by atoms with Gasteiger partial charge in [-0.2, -0.15) is 0 Å². The van der Waals surface area contributed by atoms with E-state index >= 15 is 0 Å². The third kappa shape index (κ3) is 3.44. The molecule has 5 heteroatoms. The van der Waals surface area contributed by atoms with Crippen LogP contribution in [0.2, 0.25) is 5.02 Å². The molecule has 0 saturated carbocycles. The largest absolute Gasteiger partial charge is 0.478 e. The molecular formula is C15H21ClN2O2. The zero-order valence-electron chi connectivity index (χ0n) is 12.0. The smallest absolute Gasteiger partial charge is 0.337 e. The number of halogens is 1. The number of likely N-dealkylation sites (tertiary alicyclic amines) is 1. The Morgan fingerprint density at radius 1 is 1.45 bits per heavy atom. The van der Waals surface area contributed by atoms with E-state index < -0.39 is 5.97 Å². The Kier molecular flexibility index (Phi) is 4.89. The predicted molar refractivity (Wildman–Crippen MR) is 81.9 cm³/mol. The van der Waals surface area contributed by atoms with Gasteiger partial charge in [-0.1, -0.05) is 17.7 Å². The summed E-state index contributed by atoms with van der Waals surface area (Å²) >= 11 is 6.20. The van der Waals surface area contributed by atoms with Gasteiger partial charge < -0.3 is 14.9 Å². The number of carboxylic acids is 1. The molecule has 0 atom stereocenters. The number of anilines is 1. The van der Waals surface area contributed by atoms with Gasteiger partial charge in [0.15, 0.2) is 0 Å². The minimum Gasteiger partial charge on any atom is -0.478 e. The van der Waals surface area contributed by atoms with Crippen LogP contribution in [0.5, 0.6) is 0 Å². The van der Waals surface area contributed by atoms with Gasteiger partial charge in [0.05, 0.1) is 16.3 Å². The molecule has 0 bridgehead atoms. The quantitative estimate of drug-likeness (QED) is 0.928. The number of rotatable bonds is 4. The minimum absolute atomic E-state index is 0.271. The first kappa shape index (κ1) is 15.1. The summed E-state index contributed by atoms with van der Waals surface area (Å²) < 4.78 is 0. The first-order valence-electron chi connectivity index (χ1n) is 6.90. The summed E-state index contributed by atoms with van der Waals surface area (Å²) in [6.07, 6.45) is 2.29. The third-order valence-corrected chi connectivity index (χ3v) is 4.27. The molecule has 0 unspecified atom stereocenters. The van der Waals surface area contributed by atoms with E-state index in [1.807, 2.05) is 11.9 Å². The second kappa shape index (κ2) is 6.46. The summed E-state index contributed by atoms with van der Waals surface area (Å²) in [4.78, 5) is 15.6. The molecule has 0 aliphatic carbocycles. The Bertz CT molecular complexity index is 485. The highest BCUT2D eigenvalue weighted by Crippen LogP contribution is 2.30. The average molecular weight is 297 g/mol. The maximum atomic E-state index is 11.3. The average Bonchev–Trinajstić information content (AvgIpc) is 2.40. The van der Waals surface area contributed by atoms with Crippen molar-refractivity contribution >= 4 is 23.3 Å². The number of benzene rings is 1. The van der Waals surface area contributed by atoms with E-state index in [0.29, 0.717) is 16.6 Å². The highest BCUT2D eigenvalue weighted by molar-refractivity contribution is 6.34. The van der Waals surface area contributed by atoms with Gasteiger partial charge in [-0.3, -0.25) is 0 Å². The van der Waals surface area contributed by atoms with Crippen LogP contribution in [0, 0.1) is 5.92 Å². The van der Waals surface area contributed by atoms with Gasteiger partial charge in [-0.05, 0) is 51.0 Å². The van der Waals surface area contributed by atoms with Crippen LogP contribution in [0.1, 0.15) is 23.2 Å². The molecule has 4 nitrogen and oxygen atoms in total.